The Hall–Kier alpha value is -2.76. The first-order valence-electron chi connectivity index (χ1n) is 6.13. The fraction of sp³-hybridized carbons (Fsp3) is 0.143. The normalized spacial score (nSPS) is 10.8. The van der Waals surface area contributed by atoms with Gasteiger partial charge in [-0.3, -0.25) is 9.78 Å². The van der Waals surface area contributed by atoms with Crippen LogP contribution in [0, 0.1) is 6.92 Å². The van der Waals surface area contributed by atoms with Crippen LogP contribution in [0.5, 0.6) is 0 Å². The minimum Gasteiger partial charge on any atom is -0.481 e. The summed E-state index contributed by atoms with van der Waals surface area (Å²) in [5.74, 6) is -0.277. The summed E-state index contributed by atoms with van der Waals surface area (Å²) in [5, 5.41) is 9.71. The van der Waals surface area contributed by atoms with Gasteiger partial charge in [-0.25, -0.2) is 9.97 Å². The van der Waals surface area contributed by atoms with Crippen molar-refractivity contribution in [3.05, 3.63) is 42.0 Å². The van der Waals surface area contributed by atoms with Gasteiger partial charge >= 0.3 is 5.97 Å². The Kier molecular flexibility index (Phi) is 2.90. The number of pyridine rings is 1. The highest BCUT2D eigenvalue weighted by Crippen LogP contribution is 2.27. The average molecular weight is 268 g/mol. The van der Waals surface area contributed by atoms with Crippen LogP contribution in [-0.4, -0.2) is 31.0 Å². The molecule has 0 aliphatic rings. The van der Waals surface area contributed by atoms with Crippen molar-refractivity contribution in [3.8, 4) is 11.4 Å². The summed E-state index contributed by atoms with van der Waals surface area (Å²) in [7, 11) is 0. The quantitative estimate of drug-likeness (QED) is 0.757. The number of carboxylic acids is 1. The van der Waals surface area contributed by atoms with Crippen molar-refractivity contribution in [2.75, 3.05) is 0 Å². The Morgan fingerprint density at radius 3 is 2.90 bits per heavy atom. The van der Waals surface area contributed by atoms with E-state index in [0.717, 1.165) is 5.39 Å². The zero-order chi connectivity index (χ0) is 14.1. The minimum atomic E-state index is -0.890. The summed E-state index contributed by atoms with van der Waals surface area (Å²) in [6, 6.07) is 5.54. The lowest BCUT2D eigenvalue weighted by Crippen LogP contribution is -2.01. The summed E-state index contributed by atoms with van der Waals surface area (Å²) < 4.78 is 0. The van der Waals surface area contributed by atoms with Gasteiger partial charge in [-0.2, -0.15) is 0 Å². The van der Waals surface area contributed by atoms with Crippen molar-refractivity contribution in [3.63, 3.8) is 0 Å². The predicted molar refractivity (Wildman–Crippen MR) is 73.2 cm³/mol. The topological polar surface area (TPSA) is 91.8 Å². The van der Waals surface area contributed by atoms with E-state index in [0.29, 0.717) is 28.4 Å². The van der Waals surface area contributed by atoms with E-state index < -0.39 is 5.97 Å². The van der Waals surface area contributed by atoms with Crippen molar-refractivity contribution in [2.24, 2.45) is 0 Å². The number of nitrogens with zero attached hydrogens (tertiary/aromatic N) is 3. The first-order valence-corrected chi connectivity index (χ1v) is 6.13. The van der Waals surface area contributed by atoms with Gasteiger partial charge < -0.3 is 10.1 Å². The number of nitrogens with one attached hydrogen (secondary N) is 1. The predicted octanol–water partition coefficient (Wildman–Crippen LogP) is 1.96. The number of aliphatic carboxylic acids is 1. The van der Waals surface area contributed by atoms with Crippen LogP contribution in [0.25, 0.3) is 22.4 Å². The number of rotatable bonds is 3. The van der Waals surface area contributed by atoms with Crippen molar-refractivity contribution < 1.29 is 9.90 Å². The second-order valence-corrected chi connectivity index (χ2v) is 4.44. The lowest BCUT2D eigenvalue weighted by atomic mass is 10.1. The maximum Gasteiger partial charge on any atom is 0.307 e. The molecule has 0 radical (unpaired) electrons. The molecule has 0 fully saturated rings. The zero-order valence-corrected chi connectivity index (χ0v) is 10.8. The molecule has 6 heteroatoms. The Morgan fingerprint density at radius 1 is 1.35 bits per heavy atom. The molecule has 0 saturated heterocycles. The van der Waals surface area contributed by atoms with Gasteiger partial charge in [-0.1, -0.05) is 6.07 Å². The van der Waals surface area contributed by atoms with E-state index in [1.807, 2.05) is 18.2 Å². The molecule has 0 aromatic carbocycles. The highest BCUT2D eigenvalue weighted by Gasteiger charge is 2.16. The minimum absolute atomic E-state index is 0.0771. The molecule has 3 aromatic rings. The summed E-state index contributed by atoms with van der Waals surface area (Å²) in [6.45, 7) is 1.80. The molecule has 0 aliphatic carbocycles. The molecule has 0 spiro atoms. The fourth-order valence-electron chi connectivity index (χ4n) is 2.20. The number of H-pyrrole nitrogens is 1. The molecule has 6 nitrogen and oxygen atoms in total. The average Bonchev–Trinajstić information content (AvgIpc) is 2.81. The molecular formula is C14H12N4O2. The number of hydrogen-bond acceptors (Lipinski definition) is 4. The van der Waals surface area contributed by atoms with Gasteiger partial charge in [0, 0.05) is 12.4 Å². The molecule has 0 saturated carbocycles. The molecule has 3 aromatic heterocycles. The molecule has 0 unspecified atom stereocenters. The van der Waals surface area contributed by atoms with Crippen LogP contribution >= 0.6 is 0 Å². The summed E-state index contributed by atoms with van der Waals surface area (Å²) in [4.78, 5) is 27.0. The van der Waals surface area contributed by atoms with E-state index in [2.05, 4.69) is 19.9 Å². The van der Waals surface area contributed by atoms with Crippen LogP contribution in [0.15, 0.2) is 30.6 Å². The molecule has 3 rings (SSSR count). The van der Waals surface area contributed by atoms with Crippen LogP contribution in [0.4, 0.5) is 0 Å². The van der Waals surface area contributed by atoms with E-state index in [1.165, 1.54) is 0 Å². The second kappa shape index (κ2) is 4.73. The second-order valence-electron chi connectivity index (χ2n) is 4.44. The summed E-state index contributed by atoms with van der Waals surface area (Å²) in [5.41, 5.74) is 2.65. The first kappa shape index (κ1) is 12.3. The summed E-state index contributed by atoms with van der Waals surface area (Å²) in [6.07, 6.45) is 3.27. The van der Waals surface area contributed by atoms with Gasteiger partial charge in [0.25, 0.3) is 0 Å². The van der Waals surface area contributed by atoms with Crippen LogP contribution in [0.1, 0.15) is 11.4 Å². The largest absolute Gasteiger partial charge is 0.481 e. The van der Waals surface area contributed by atoms with E-state index in [4.69, 9.17) is 5.11 Å². The van der Waals surface area contributed by atoms with Gasteiger partial charge in [-0.15, -0.1) is 0 Å². The lowest BCUT2D eigenvalue weighted by molar-refractivity contribution is -0.136. The molecule has 0 amide bonds. The molecule has 2 N–H and O–H groups in total. The standard InChI is InChI=1S/C14H12N4O2/c1-8-17-13(10-4-2-3-5-15-10)12-9(6-11(19)20)7-16-14(12)18-8/h2-5,7H,6H2,1H3,(H,19,20)(H,16,17,18). The monoisotopic (exact) mass is 268 g/mol. The molecule has 0 aliphatic heterocycles. The third-order valence-electron chi connectivity index (χ3n) is 2.97. The lowest BCUT2D eigenvalue weighted by Gasteiger charge is -2.05. The van der Waals surface area contributed by atoms with Crippen LogP contribution in [0.2, 0.25) is 0 Å². The first-order chi connectivity index (χ1) is 9.65. The van der Waals surface area contributed by atoms with Gasteiger partial charge in [0.05, 0.1) is 17.5 Å². The molecule has 100 valence electrons. The molecule has 20 heavy (non-hydrogen) atoms. The van der Waals surface area contributed by atoms with E-state index >= 15 is 0 Å². The summed E-state index contributed by atoms with van der Waals surface area (Å²) >= 11 is 0. The maximum atomic E-state index is 11.0. The molecule has 0 bridgehead atoms. The number of carbonyl (C=O) groups is 1. The third-order valence-corrected chi connectivity index (χ3v) is 2.97. The zero-order valence-electron chi connectivity index (χ0n) is 10.8. The van der Waals surface area contributed by atoms with Gasteiger partial charge in [0.1, 0.15) is 17.2 Å². The Balaban J connectivity index is 2.29. The van der Waals surface area contributed by atoms with Crippen LogP contribution in [0.3, 0.4) is 0 Å². The number of aryl methyl sites for hydroxylation is 1. The number of aromatic amines is 1. The highest BCUT2D eigenvalue weighted by atomic mass is 16.4. The molecule has 3 heterocycles. The molecule has 0 atom stereocenters. The maximum absolute atomic E-state index is 11.0. The smallest absolute Gasteiger partial charge is 0.307 e. The Labute approximate surface area is 114 Å². The number of aromatic nitrogens is 4. The van der Waals surface area contributed by atoms with Crippen LogP contribution in [-0.2, 0) is 11.2 Å². The number of fused-ring (bicyclic) bond motifs is 1. The van der Waals surface area contributed by atoms with Crippen LogP contribution < -0.4 is 0 Å². The van der Waals surface area contributed by atoms with Crippen molar-refractivity contribution >= 4 is 17.0 Å². The van der Waals surface area contributed by atoms with E-state index in [-0.39, 0.29) is 6.42 Å². The van der Waals surface area contributed by atoms with Crippen molar-refractivity contribution in [2.45, 2.75) is 13.3 Å². The van der Waals surface area contributed by atoms with Crippen molar-refractivity contribution in [1.82, 2.24) is 19.9 Å². The number of carboxylic acid groups (broad SMARTS) is 1. The van der Waals surface area contributed by atoms with Gasteiger partial charge in [-0.05, 0) is 24.6 Å². The third kappa shape index (κ3) is 2.11. The Bertz CT molecular complexity index is 780. The Morgan fingerprint density at radius 2 is 2.20 bits per heavy atom. The number of hydrogen-bond donors (Lipinski definition) is 2. The van der Waals surface area contributed by atoms with Crippen molar-refractivity contribution in [1.29, 1.82) is 0 Å². The van der Waals surface area contributed by atoms with Gasteiger partial charge in [0.15, 0.2) is 0 Å². The van der Waals surface area contributed by atoms with E-state index in [9.17, 15) is 4.79 Å². The fourth-order valence-corrected chi connectivity index (χ4v) is 2.20. The van der Waals surface area contributed by atoms with Gasteiger partial charge in [0.2, 0.25) is 0 Å². The molecular weight excluding hydrogens is 256 g/mol. The highest BCUT2D eigenvalue weighted by molar-refractivity contribution is 5.94. The van der Waals surface area contributed by atoms with E-state index in [1.54, 1.807) is 19.3 Å². The SMILES string of the molecule is Cc1nc(-c2ccccn2)c2c(CC(=O)O)c[nH]c2n1.